The lowest BCUT2D eigenvalue weighted by Gasteiger charge is -2.11. The van der Waals surface area contributed by atoms with Crippen LogP contribution in [0.5, 0.6) is 0 Å². The van der Waals surface area contributed by atoms with Gasteiger partial charge >= 0.3 is 0 Å². The fourth-order valence-corrected chi connectivity index (χ4v) is 2.79. The number of halogens is 1. The molecule has 0 amide bonds. The molecular formula is C16H16BrN3. The zero-order chi connectivity index (χ0) is 13.9. The van der Waals surface area contributed by atoms with Gasteiger partial charge in [0.2, 0.25) is 0 Å². The highest BCUT2D eigenvalue weighted by Crippen LogP contribution is 2.23. The predicted octanol–water partition coefficient (Wildman–Crippen LogP) is 4.50. The van der Waals surface area contributed by atoms with Gasteiger partial charge < -0.3 is 10.3 Å². The van der Waals surface area contributed by atoms with Crippen molar-refractivity contribution < 1.29 is 0 Å². The molecule has 2 heterocycles. The van der Waals surface area contributed by atoms with Crippen molar-refractivity contribution in [1.82, 2.24) is 9.97 Å². The third-order valence-electron chi connectivity index (χ3n) is 3.45. The Labute approximate surface area is 126 Å². The van der Waals surface area contributed by atoms with E-state index in [1.165, 1.54) is 22.2 Å². The molecule has 0 radical (unpaired) electrons. The molecule has 0 saturated carbocycles. The molecule has 3 rings (SSSR count). The second-order valence-electron chi connectivity index (χ2n) is 4.72. The second-order valence-corrected chi connectivity index (χ2v) is 5.64. The lowest BCUT2D eigenvalue weighted by Crippen LogP contribution is -2.01. The molecule has 3 aromatic rings. The van der Waals surface area contributed by atoms with Gasteiger partial charge in [-0.1, -0.05) is 22.9 Å². The number of nitrogens with zero attached hydrogens (tertiary/aromatic N) is 1. The summed E-state index contributed by atoms with van der Waals surface area (Å²) < 4.78 is 1.12. The van der Waals surface area contributed by atoms with E-state index in [-0.39, 0.29) is 0 Å². The van der Waals surface area contributed by atoms with Crippen molar-refractivity contribution in [2.75, 3.05) is 5.32 Å². The summed E-state index contributed by atoms with van der Waals surface area (Å²) in [6.07, 6.45) is 4.84. The number of benzene rings is 1. The van der Waals surface area contributed by atoms with Crippen LogP contribution in [0.2, 0.25) is 0 Å². The normalized spacial score (nSPS) is 10.9. The Kier molecular flexibility index (Phi) is 3.74. The quantitative estimate of drug-likeness (QED) is 0.739. The van der Waals surface area contributed by atoms with Crippen LogP contribution in [0, 0.1) is 0 Å². The van der Waals surface area contributed by atoms with Crippen LogP contribution in [0.25, 0.3) is 11.0 Å². The maximum Gasteiger partial charge on any atom is 0.137 e. The largest absolute Gasteiger partial charge is 0.381 e. The van der Waals surface area contributed by atoms with Crippen molar-refractivity contribution in [1.29, 1.82) is 0 Å². The summed E-state index contributed by atoms with van der Waals surface area (Å²) in [7, 11) is 0. The number of rotatable bonds is 4. The van der Waals surface area contributed by atoms with Gasteiger partial charge in [-0.3, -0.25) is 0 Å². The van der Waals surface area contributed by atoms with E-state index in [2.05, 4.69) is 62.4 Å². The van der Waals surface area contributed by atoms with Gasteiger partial charge in [-0.05, 0) is 47.9 Å². The van der Waals surface area contributed by atoms with E-state index < -0.39 is 0 Å². The zero-order valence-corrected chi connectivity index (χ0v) is 12.9. The standard InChI is InChI=1S/C16H16BrN3/c1-2-11-8-13(17)5-6-15(11)19-9-12-10-20-16-14(12)4-3-7-18-16/h3-8,10,19H,2,9H2,1H3,(H,18,20). The molecule has 0 aliphatic carbocycles. The van der Waals surface area contributed by atoms with Crippen LogP contribution in [-0.2, 0) is 13.0 Å². The summed E-state index contributed by atoms with van der Waals surface area (Å²) in [6, 6.07) is 10.4. The highest BCUT2D eigenvalue weighted by molar-refractivity contribution is 9.10. The molecule has 0 bridgehead atoms. The van der Waals surface area contributed by atoms with E-state index in [4.69, 9.17) is 0 Å². The molecule has 0 spiro atoms. The summed E-state index contributed by atoms with van der Waals surface area (Å²) in [5.41, 5.74) is 4.68. The first kappa shape index (κ1) is 13.2. The first-order chi connectivity index (χ1) is 9.78. The highest BCUT2D eigenvalue weighted by atomic mass is 79.9. The summed E-state index contributed by atoms with van der Waals surface area (Å²) in [5.74, 6) is 0. The fourth-order valence-electron chi connectivity index (χ4n) is 2.38. The van der Waals surface area contributed by atoms with E-state index in [1.54, 1.807) is 6.20 Å². The Bertz CT molecular complexity index is 733. The Morgan fingerprint density at radius 3 is 3.00 bits per heavy atom. The van der Waals surface area contributed by atoms with E-state index in [1.807, 2.05) is 12.3 Å². The SMILES string of the molecule is CCc1cc(Br)ccc1NCc1c[nH]c2ncccc12. The lowest BCUT2D eigenvalue weighted by atomic mass is 10.1. The third kappa shape index (κ3) is 2.56. The Morgan fingerprint density at radius 1 is 1.25 bits per heavy atom. The van der Waals surface area contributed by atoms with Crippen LogP contribution in [0.4, 0.5) is 5.69 Å². The van der Waals surface area contributed by atoms with E-state index >= 15 is 0 Å². The molecule has 0 saturated heterocycles. The van der Waals surface area contributed by atoms with Gasteiger partial charge in [0.05, 0.1) is 0 Å². The summed E-state index contributed by atoms with van der Waals surface area (Å²) in [4.78, 5) is 7.52. The molecule has 20 heavy (non-hydrogen) atoms. The topological polar surface area (TPSA) is 40.7 Å². The number of aryl methyl sites for hydroxylation is 1. The maximum absolute atomic E-state index is 4.31. The van der Waals surface area contributed by atoms with Gasteiger partial charge in [-0.25, -0.2) is 4.98 Å². The lowest BCUT2D eigenvalue weighted by molar-refractivity contribution is 1.09. The van der Waals surface area contributed by atoms with Gasteiger partial charge in [0.25, 0.3) is 0 Å². The molecule has 2 N–H and O–H groups in total. The molecule has 0 unspecified atom stereocenters. The summed E-state index contributed by atoms with van der Waals surface area (Å²) >= 11 is 3.52. The fraction of sp³-hybridized carbons (Fsp3) is 0.188. The van der Waals surface area contributed by atoms with Crippen molar-refractivity contribution in [3.8, 4) is 0 Å². The van der Waals surface area contributed by atoms with Crippen molar-refractivity contribution in [3.05, 3.63) is 58.3 Å². The molecule has 3 nitrogen and oxygen atoms in total. The minimum Gasteiger partial charge on any atom is -0.381 e. The molecule has 2 aromatic heterocycles. The molecule has 0 fully saturated rings. The summed E-state index contributed by atoms with van der Waals surface area (Å²) in [5, 5.41) is 4.69. The van der Waals surface area contributed by atoms with Gasteiger partial charge in [-0.2, -0.15) is 0 Å². The number of hydrogen-bond acceptors (Lipinski definition) is 2. The second kappa shape index (κ2) is 5.67. The van der Waals surface area contributed by atoms with Crippen LogP contribution in [0.15, 0.2) is 47.2 Å². The smallest absolute Gasteiger partial charge is 0.137 e. The first-order valence-electron chi connectivity index (χ1n) is 6.71. The number of anilines is 1. The van der Waals surface area contributed by atoms with E-state index in [9.17, 15) is 0 Å². The molecule has 4 heteroatoms. The Morgan fingerprint density at radius 2 is 2.15 bits per heavy atom. The van der Waals surface area contributed by atoms with Crippen LogP contribution >= 0.6 is 15.9 Å². The molecule has 0 atom stereocenters. The average Bonchev–Trinajstić information content (AvgIpc) is 2.89. The van der Waals surface area contributed by atoms with Crippen LogP contribution in [-0.4, -0.2) is 9.97 Å². The van der Waals surface area contributed by atoms with E-state index in [0.717, 1.165) is 23.1 Å². The van der Waals surface area contributed by atoms with Crippen LogP contribution in [0.1, 0.15) is 18.1 Å². The third-order valence-corrected chi connectivity index (χ3v) is 3.95. The Balaban J connectivity index is 1.83. The minimum atomic E-state index is 0.792. The van der Waals surface area contributed by atoms with Crippen molar-refractivity contribution in [2.24, 2.45) is 0 Å². The number of fused-ring (bicyclic) bond motifs is 1. The van der Waals surface area contributed by atoms with Gasteiger partial charge in [0.15, 0.2) is 0 Å². The number of aromatic nitrogens is 2. The Hall–Kier alpha value is -1.81. The minimum absolute atomic E-state index is 0.792. The highest BCUT2D eigenvalue weighted by Gasteiger charge is 2.05. The number of aromatic amines is 1. The predicted molar refractivity (Wildman–Crippen MR) is 86.9 cm³/mol. The number of pyridine rings is 1. The number of nitrogens with one attached hydrogen (secondary N) is 2. The summed E-state index contributed by atoms with van der Waals surface area (Å²) in [6.45, 7) is 2.96. The molecule has 1 aromatic carbocycles. The number of hydrogen-bond donors (Lipinski definition) is 2. The van der Waals surface area contributed by atoms with Crippen molar-refractivity contribution >= 4 is 32.7 Å². The van der Waals surface area contributed by atoms with Crippen molar-refractivity contribution in [2.45, 2.75) is 19.9 Å². The monoisotopic (exact) mass is 329 g/mol. The molecule has 0 aliphatic rings. The molecular weight excluding hydrogens is 314 g/mol. The van der Waals surface area contributed by atoms with Gasteiger partial charge in [0.1, 0.15) is 5.65 Å². The first-order valence-corrected chi connectivity index (χ1v) is 7.50. The average molecular weight is 330 g/mol. The molecule has 0 aliphatic heterocycles. The number of H-pyrrole nitrogens is 1. The maximum atomic E-state index is 4.31. The van der Waals surface area contributed by atoms with Crippen LogP contribution < -0.4 is 5.32 Å². The van der Waals surface area contributed by atoms with Gasteiger partial charge in [-0.15, -0.1) is 0 Å². The van der Waals surface area contributed by atoms with Crippen LogP contribution in [0.3, 0.4) is 0 Å². The zero-order valence-electron chi connectivity index (χ0n) is 11.3. The van der Waals surface area contributed by atoms with Gasteiger partial charge in [0, 0.05) is 34.5 Å². The van der Waals surface area contributed by atoms with E-state index in [0.29, 0.717) is 0 Å². The van der Waals surface area contributed by atoms with Crippen molar-refractivity contribution in [3.63, 3.8) is 0 Å². The molecule has 102 valence electrons.